The molecule has 1 heterocycles. The molecule has 0 aliphatic carbocycles. The molecule has 0 aromatic heterocycles. The lowest BCUT2D eigenvalue weighted by Gasteiger charge is -2.36. The monoisotopic (exact) mass is 421 g/mol. The second-order valence-electron chi connectivity index (χ2n) is 6.94. The van der Waals surface area contributed by atoms with Gasteiger partial charge in [-0.1, -0.05) is 6.07 Å². The van der Waals surface area contributed by atoms with Gasteiger partial charge in [0.05, 0.1) is 0 Å². The fourth-order valence-electron chi connectivity index (χ4n) is 3.20. The Labute approximate surface area is 170 Å². The van der Waals surface area contributed by atoms with E-state index >= 15 is 0 Å². The van der Waals surface area contributed by atoms with Crippen molar-refractivity contribution in [2.75, 3.05) is 18.4 Å². The summed E-state index contributed by atoms with van der Waals surface area (Å²) in [5, 5.41) is 8.17. The van der Waals surface area contributed by atoms with Crippen molar-refractivity contribution in [3.8, 4) is 0 Å². The highest BCUT2D eigenvalue weighted by Crippen LogP contribution is 2.22. The van der Waals surface area contributed by atoms with Gasteiger partial charge in [-0.25, -0.2) is 17.6 Å². The maximum Gasteiger partial charge on any atom is 0.250 e. The molecule has 158 valence electrons. The number of anilines is 1. The van der Waals surface area contributed by atoms with Crippen LogP contribution in [0.2, 0.25) is 0 Å². The molecule has 30 heavy (non-hydrogen) atoms. The standard InChI is InChI=1S/C21H19F4N3O2/c22-14-10-15(23)12-16(11-14)27-20(30)21(5-7-26-8-6-21)28-19(29)4-2-13-1-3-17(24)18(25)9-13/h1-4,9-12,26H,5-8H2,(H,27,30)(H,28,29)/b4-2+. The second-order valence-corrected chi connectivity index (χ2v) is 6.94. The highest BCUT2D eigenvalue weighted by atomic mass is 19.2. The van der Waals surface area contributed by atoms with E-state index in [9.17, 15) is 27.2 Å². The Morgan fingerprint density at radius 3 is 2.23 bits per heavy atom. The van der Waals surface area contributed by atoms with Gasteiger partial charge in [0.2, 0.25) is 11.8 Å². The molecule has 3 rings (SSSR count). The van der Waals surface area contributed by atoms with Gasteiger partial charge in [0, 0.05) is 17.8 Å². The second kappa shape index (κ2) is 9.08. The summed E-state index contributed by atoms with van der Waals surface area (Å²) in [5.74, 6) is -4.97. The average Bonchev–Trinajstić information content (AvgIpc) is 2.69. The summed E-state index contributed by atoms with van der Waals surface area (Å²) in [6.45, 7) is 0.885. The third-order valence-electron chi connectivity index (χ3n) is 4.75. The zero-order valence-electron chi connectivity index (χ0n) is 15.8. The van der Waals surface area contributed by atoms with Crippen molar-refractivity contribution in [2.45, 2.75) is 18.4 Å². The highest BCUT2D eigenvalue weighted by Gasteiger charge is 2.40. The number of benzene rings is 2. The number of hydrogen-bond acceptors (Lipinski definition) is 3. The molecule has 1 saturated heterocycles. The van der Waals surface area contributed by atoms with E-state index in [0.717, 1.165) is 30.3 Å². The van der Waals surface area contributed by atoms with Crippen molar-refractivity contribution in [2.24, 2.45) is 0 Å². The van der Waals surface area contributed by atoms with Crippen LogP contribution in [-0.2, 0) is 9.59 Å². The number of hydrogen-bond donors (Lipinski definition) is 3. The molecule has 1 aliphatic rings. The Morgan fingerprint density at radius 2 is 1.60 bits per heavy atom. The molecule has 2 aromatic rings. The molecule has 5 nitrogen and oxygen atoms in total. The summed E-state index contributed by atoms with van der Waals surface area (Å²) in [6.07, 6.45) is 2.89. The van der Waals surface area contributed by atoms with E-state index in [-0.39, 0.29) is 24.1 Å². The van der Waals surface area contributed by atoms with Gasteiger partial charge in [-0.15, -0.1) is 0 Å². The van der Waals surface area contributed by atoms with Crippen molar-refractivity contribution in [1.29, 1.82) is 0 Å². The van der Waals surface area contributed by atoms with Crippen molar-refractivity contribution in [3.05, 3.63) is 71.3 Å². The van der Waals surface area contributed by atoms with Crippen LogP contribution in [0.15, 0.2) is 42.5 Å². The molecular formula is C21H19F4N3O2. The average molecular weight is 421 g/mol. The predicted octanol–water partition coefficient (Wildman–Crippen LogP) is 3.13. The minimum absolute atomic E-state index is 0.0676. The van der Waals surface area contributed by atoms with Crippen LogP contribution < -0.4 is 16.0 Å². The molecule has 3 N–H and O–H groups in total. The van der Waals surface area contributed by atoms with Crippen LogP contribution in [0.1, 0.15) is 18.4 Å². The van der Waals surface area contributed by atoms with Crippen LogP contribution in [-0.4, -0.2) is 30.4 Å². The molecule has 9 heteroatoms. The largest absolute Gasteiger partial charge is 0.338 e. The van der Waals surface area contributed by atoms with E-state index in [1.807, 2.05) is 0 Å². The number of rotatable bonds is 5. The van der Waals surface area contributed by atoms with Crippen LogP contribution in [0.25, 0.3) is 6.08 Å². The highest BCUT2D eigenvalue weighted by molar-refractivity contribution is 6.03. The Morgan fingerprint density at radius 1 is 0.933 bits per heavy atom. The number of halogens is 4. The van der Waals surface area contributed by atoms with Gasteiger partial charge in [-0.2, -0.15) is 0 Å². The predicted molar refractivity (Wildman–Crippen MR) is 103 cm³/mol. The van der Waals surface area contributed by atoms with Crippen LogP contribution in [0.3, 0.4) is 0 Å². The zero-order chi connectivity index (χ0) is 21.7. The molecule has 2 amide bonds. The normalized spacial score (nSPS) is 15.7. The van der Waals surface area contributed by atoms with E-state index in [1.165, 1.54) is 12.1 Å². The minimum Gasteiger partial charge on any atom is -0.338 e. The van der Waals surface area contributed by atoms with E-state index in [2.05, 4.69) is 16.0 Å². The molecular weight excluding hydrogens is 402 g/mol. The van der Waals surface area contributed by atoms with Crippen LogP contribution in [0.5, 0.6) is 0 Å². The molecule has 0 radical (unpaired) electrons. The Balaban J connectivity index is 1.75. The molecule has 2 aromatic carbocycles. The molecule has 0 bridgehead atoms. The third kappa shape index (κ3) is 5.24. The Hall–Kier alpha value is -3.20. The maximum atomic E-state index is 13.4. The Kier molecular flexibility index (Phi) is 6.51. The van der Waals surface area contributed by atoms with E-state index < -0.39 is 40.6 Å². The van der Waals surface area contributed by atoms with E-state index in [0.29, 0.717) is 19.2 Å². The summed E-state index contributed by atoms with van der Waals surface area (Å²) in [4.78, 5) is 25.3. The lowest BCUT2D eigenvalue weighted by atomic mass is 9.87. The van der Waals surface area contributed by atoms with E-state index in [1.54, 1.807) is 0 Å². The lowest BCUT2D eigenvalue weighted by Crippen LogP contribution is -2.61. The maximum absolute atomic E-state index is 13.4. The summed E-state index contributed by atoms with van der Waals surface area (Å²) in [7, 11) is 0. The smallest absolute Gasteiger partial charge is 0.250 e. The van der Waals surface area contributed by atoms with E-state index in [4.69, 9.17) is 0 Å². The summed E-state index contributed by atoms with van der Waals surface area (Å²) in [6, 6.07) is 5.80. The van der Waals surface area contributed by atoms with Gasteiger partial charge in [0.25, 0.3) is 0 Å². The van der Waals surface area contributed by atoms with Gasteiger partial charge < -0.3 is 16.0 Å². The first kappa shape index (κ1) is 21.5. The Bertz CT molecular complexity index is 968. The molecule has 0 unspecified atom stereocenters. The van der Waals surface area contributed by atoms with Gasteiger partial charge in [-0.05, 0) is 61.8 Å². The fraction of sp³-hybridized carbons (Fsp3) is 0.238. The summed E-state index contributed by atoms with van der Waals surface area (Å²) in [5.41, 5.74) is -1.10. The fourth-order valence-corrected chi connectivity index (χ4v) is 3.20. The number of nitrogens with one attached hydrogen (secondary N) is 3. The van der Waals surface area contributed by atoms with Crippen molar-refractivity contribution in [1.82, 2.24) is 10.6 Å². The quantitative estimate of drug-likeness (QED) is 0.513. The molecule has 0 spiro atoms. The first-order valence-electron chi connectivity index (χ1n) is 9.21. The molecule has 1 aliphatic heterocycles. The lowest BCUT2D eigenvalue weighted by molar-refractivity contribution is -0.129. The van der Waals surface area contributed by atoms with Crippen molar-refractivity contribution in [3.63, 3.8) is 0 Å². The zero-order valence-corrected chi connectivity index (χ0v) is 15.8. The van der Waals surface area contributed by atoms with Gasteiger partial charge in [0.1, 0.15) is 17.2 Å². The van der Waals surface area contributed by atoms with Crippen LogP contribution in [0.4, 0.5) is 23.2 Å². The third-order valence-corrected chi connectivity index (χ3v) is 4.75. The summed E-state index contributed by atoms with van der Waals surface area (Å²) >= 11 is 0. The topological polar surface area (TPSA) is 70.2 Å². The van der Waals surface area contributed by atoms with Crippen molar-refractivity contribution < 1.29 is 27.2 Å². The van der Waals surface area contributed by atoms with Gasteiger partial charge >= 0.3 is 0 Å². The van der Waals surface area contributed by atoms with Crippen LogP contribution in [0, 0.1) is 23.3 Å². The molecule has 1 fully saturated rings. The van der Waals surface area contributed by atoms with Gasteiger partial charge in [-0.3, -0.25) is 9.59 Å². The molecule has 0 atom stereocenters. The van der Waals surface area contributed by atoms with Gasteiger partial charge in [0.15, 0.2) is 11.6 Å². The molecule has 0 saturated carbocycles. The first-order valence-corrected chi connectivity index (χ1v) is 9.21. The number of piperidine rings is 1. The number of carbonyl (C=O) groups is 2. The van der Waals surface area contributed by atoms with Crippen LogP contribution >= 0.6 is 0 Å². The SMILES string of the molecule is O=C(/C=C/c1ccc(F)c(F)c1)NC1(C(=O)Nc2cc(F)cc(F)c2)CCNCC1. The summed E-state index contributed by atoms with van der Waals surface area (Å²) < 4.78 is 53.1. The number of carbonyl (C=O) groups excluding carboxylic acids is 2. The first-order chi connectivity index (χ1) is 14.3. The minimum atomic E-state index is -1.30. The number of amides is 2. The van der Waals surface area contributed by atoms with Crippen molar-refractivity contribution >= 4 is 23.6 Å².